The van der Waals surface area contributed by atoms with Gasteiger partial charge in [-0.3, -0.25) is 4.79 Å². The van der Waals surface area contributed by atoms with Crippen molar-refractivity contribution in [2.75, 3.05) is 17.7 Å². The summed E-state index contributed by atoms with van der Waals surface area (Å²) in [5, 5.41) is 10.1. The predicted molar refractivity (Wildman–Crippen MR) is 86.3 cm³/mol. The molecule has 21 heavy (non-hydrogen) atoms. The van der Waals surface area contributed by atoms with E-state index in [-0.39, 0.29) is 11.7 Å². The van der Waals surface area contributed by atoms with Gasteiger partial charge in [-0.25, -0.2) is 0 Å². The van der Waals surface area contributed by atoms with Crippen molar-refractivity contribution in [1.82, 2.24) is 0 Å². The lowest BCUT2D eigenvalue weighted by Gasteiger charge is -2.30. The molecule has 0 aromatic heterocycles. The van der Waals surface area contributed by atoms with Crippen molar-refractivity contribution >= 4 is 23.4 Å². The maximum atomic E-state index is 12.7. The molecule has 2 aromatic rings. The Labute approximate surface area is 128 Å². The minimum absolute atomic E-state index is 0.0508. The van der Waals surface area contributed by atoms with Gasteiger partial charge in [-0.15, -0.1) is 11.8 Å². The first-order valence-corrected chi connectivity index (χ1v) is 8.20. The number of hydrogen-bond donors (Lipinski definition) is 1. The number of phenolic OH excluding ortho intramolecular Hbond substituents is 1. The number of carbonyl (C=O) groups is 1. The average molecular weight is 299 g/mol. The zero-order valence-corrected chi connectivity index (χ0v) is 12.7. The highest BCUT2D eigenvalue weighted by molar-refractivity contribution is 7.98. The zero-order chi connectivity index (χ0) is 14.8. The standard InChI is InChI=1S/C17H17NO2S/c1-21-14-9-7-13(8-10-14)17(20)18-11-3-5-12-4-2-6-15(19)16(12)18/h2,4,6-10,19H,3,5,11H2,1H3. The molecule has 1 aliphatic rings. The Balaban J connectivity index is 1.96. The molecule has 1 N–H and O–H groups in total. The van der Waals surface area contributed by atoms with Crippen LogP contribution in [0.1, 0.15) is 22.3 Å². The Morgan fingerprint density at radius 3 is 2.67 bits per heavy atom. The molecule has 3 rings (SSSR count). The maximum Gasteiger partial charge on any atom is 0.258 e. The highest BCUT2D eigenvalue weighted by Crippen LogP contribution is 2.36. The van der Waals surface area contributed by atoms with Gasteiger partial charge < -0.3 is 10.0 Å². The summed E-state index contributed by atoms with van der Waals surface area (Å²) in [5.74, 6) is 0.131. The Hall–Kier alpha value is -1.94. The van der Waals surface area contributed by atoms with Crippen molar-refractivity contribution in [2.45, 2.75) is 17.7 Å². The lowest BCUT2D eigenvalue weighted by atomic mass is 10.00. The van der Waals surface area contributed by atoms with Crippen LogP contribution in [0.3, 0.4) is 0 Å². The first kappa shape index (κ1) is 14.0. The van der Waals surface area contributed by atoms with Crippen molar-refractivity contribution in [3.05, 3.63) is 53.6 Å². The quantitative estimate of drug-likeness (QED) is 0.859. The van der Waals surface area contributed by atoms with Crippen LogP contribution in [0.2, 0.25) is 0 Å². The number of para-hydroxylation sites is 1. The molecular weight excluding hydrogens is 282 g/mol. The van der Waals surface area contributed by atoms with Gasteiger partial charge in [0.2, 0.25) is 0 Å². The third-order valence-electron chi connectivity index (χ3n) is 3.78. The highest BCUT2D eigenvalue weighted by Gasteiger charge is 2.26. The fourth-order valence-electron chi connectivity index (χ4n) is 2.72. The molecule has 0 radical (unpaired) electrons. The molecule has 1 aliphatic heterocycles. The number of benzene rings is 2. The van der Waals surface area contributed by atoms with Crippen LogP contribution in [-0.4, -0.2) is 23.8 Å². The van der Waals surface area contributed by atoms with Gasteiger partial charge in [-0.1, -0.05) is 12.1 Å². The largest absolute Gasteiger partial charge is 0.506 e. The molecule has 0 unspecified atom stereocenters. The normalized spacial score (nSPS) is 13.9. The third kappa shape index (κ3) is 2.63. The summed E-state index contributed by atoms with van der Waals surface area (Å²) in [5.41, 5.74) is 2.36. The molecular formula is C17H17NO2S. The molecule has 3 nitrogen and oxygen atoms in total. The number of hydrogen-bond acceptors (Lipinski definition) is 3. The zero-order valence-electron chi connectivity index (χ0n) is 11.9. The summed E-state index contributed by atoms with van der Waals surface area (Å²) in [6.45, 7) is 0.647. The van der Waals surface area contributed by atoms with Crippen LogP contribution in [0.25, 0.3) is 0 Å². The van der Waals surface area contributed by atoms with Crippen LogP contribution in [0, 0.1) is 0 Å². The number of amides is 1. The first-order valence-electron chi connectivity index (χ1n) is 6.97. The monoisotopic (exact) mass is 299 g/mol. The lowest BCUT2D eigenvalue weighted by molar-refractivity contribution is 0.0984. The van der Waals surface area contributed by atoms with Crippen molar-refractivity contribution in [1.29, 1.82) is 0 Å². The Bertz CT molecular complexity index is 667. The van der Waals surface area contributed by atoms with E-state index < -0.39 is 0 Å². The predicted octanol–water partition coefficient (Wildman–Crippen LogP) is 3.71. The van der Waals surface area contributed by atoms with Crippen molar-refractivity contribution < 1.29 is 9.90 Å². The second-order valence-electron chi connectivity index (χ2n) is 5.07. The molecule has 0 saturated heterocycles. The maximum absolute atomic E-state index is 12.7. The van der Waals surface area contributed by atoms with Crippen molar-refractivity contribution in [3.63, 3.8) is 0 Å². The minimum atomic E-state index is -0.0508. The number of fused-ring (bicyclic) bond motifs is 1. The first-order chi connectivity index (χ1) is 10.2. The van der Waals surface area contributed by atoms with Crippen LogP contribution >= 0.6 is 11.8 Å². The number of aryl methyl sites for hydroxylation is 1. The SMILES string of the molecule is CSc1ccc(C(=O)N2CCCc3cccc(O)c32)cc1. The van der Waals surface area contributed by atoms with E-state index in [9.17, 15) is 9.90 Å². The summed E-state index contributed by atoms with van der Waals surface area (Å²) in [4.78, 5) is 15.6. The van der Waals surface area contributed by atoms with E-state index in [0.29, 0.717) is 17.8 Å². The Kier molecular flexibility index (Phi) is 3.88. The number of aromatic hydroxyl groups is 1. The molecule has 2 aromatic carbocycles. The van der Waals surface area contributed by atoms with E-state index >= 15 is 0 Å². The van der Waals surface area contributed by atoms with Gasteiger partial charge in [0, 0.05) is 17.0 Å². The van der Waals surface area contributed by atoms with Gasteiger partial charge in [0.15, 0.2) is 0 Å². The van der Waals surface area contributed by atoms with E-state index in [1.54, 1.807) is 22.7 Å². The van der Waals surface area contributed by atoms with Crippen LogP contribution in [0.5, 0.6) is 5.75 Å². The number of carbonyl (C=O) groups excluding carboxylic acids is 1. The highest BCUT2D eigenvalue weighted by atomic mass is 32.2. The van der Waals surface area contributed by atoms with E-state index in [2.05, 4.69) is 0 Å². The smallest absolute Gasteiger partial charge is 0.258 e. The summed E-state index contributed by atoms with van der Waals surface area (Å²) < 4.78 is 0. The molecule has 0 fully saturated rings. The number of thioether (sulfide) groups is 1. The third-order valence-corrected chi connectivity index (χ3v) is 4.52. The average Bonchev–Trinajstić information content (AvgIpc) is 2.54. The minimum Gasteiger partial charge on any atom is -0.506 e. The summed E-state index contributed by atoms with van der Waals surface area (Å²) in [6.07, 6.45) is 3.83. The summed E-state index contributed by atoms with van der Waals surface area (Å²) >= 11 is 1.65. The van der Waals surface area contributed by atoms with E-state index in [1.807, 2.05) is 42.7 Å². The number of rotatable bonds is 2. The molecule has 0 saturated carbocycles. The van der Waals surface area contributed by atoms with Gasteiger partial charge in [-0.05, 0) is 55.0 Å². The molecule has 0 aliphatic carbocycles. The second-order valence-corrected chi connectivity index (χ2v) is 5.95. The lowest BCUT2D eigenvalue weighted by Crippen LogP contribution is -2.35. The number of nitrogens with zero attached hydrogens (tertiary/aromatic N) is 1. The molecule has 1 heterocycles. The fourth-order valence-corrected chi connectivity index (χ4v) is 3.13. The fraction of sp³-hybridized carbons (Fsp3) is 0.235. The molecule has 4 heteroatoms. The topological polar surface area (TPSA) is 40.5 Å². The molecule has 0 spiro atoms. The van der Waals surface area contributed by atoms with E-state index in [4.69, 9.17) is 0 Å². The molecule has 0 atom stereocenters. The van der Waals surface area contributed by atoms with Crippen molar-refractivity contribution in [3.8, 4) is 5.75 Å². The van der Waals surface area contributed by atoms with Crippen molar-refractivity contribution in [2.24, 2.45) is 0 Å². The van der Waals surface area contributed by atoms with Gasteiger partial charge in [0.1, 0.15) is 5.75 Å². The second kappa shape index (κ2) is 5.82. The molecule has 108 valence electrons. The van der Waals surface area contributed by atoms with Gasteiger partial charge in [-0.2, -0.15) is 0 Å². The van der Waals surface area contributed by atoms with Crippen LogP contribution < -0.4 is 4.90 Å². The molecule has 1 amide bonds. The Morgan fingerprint density at radius 1 is 1.19 bits per heavy atom. The van der Waals surface area contributed by atoms with Crippen LogP contribution in [0.15, 0.2) is 47.4 Å². The number of anilines is 1. The van der Waals surface area contributed by atoms with Crippen LogP contribution in [0.4, 0.5) is 5.69 Å². The molecule has 0 bridgehead atoms. The van der Waals surface area contributed by atoms with Gasteiger partial charge >= 0.3 is 0 Å². The van der Waals surface area contributed by atoms with E-state index in [1.165, 1.54) is 0 Å². The van der Waals surface area contributed by atoms with Crippen LogP contribution in [-0.2, 0) is 6.42 Å². The van der Waals surface area contributed by atoms with Gasteiger partial charge in [0.05, 0.1) is 5.69 Å². The van der Waals surface area contributed by atoms with Gasteiger partial charge in [0.25, 0.3) is 5.91 Å². The van der Waals surface area contributed by atoms with E-state index in [0.717, 1.165) is 23.3 Å². The summed E-state index contributed by atoms with van der Waals surface area (Å²) in [7, 11) is 0. The summed E-state index contributed by atoms with van der Waals surface area (Å²) in [6, 6.07) is 13.0. The Morgan fingerprint density at radius 2 is 1.95 bits per heavy atom. The number of phenols is 1.